The number of benzene rings is 2. The van der Waals surface area contributed by atoms with Crippen molar-refractivity contribution < 1.29 is 28.9 Å². The predicted molar refractivity (Wildman–Crippen MR) is 153 cm³/mol. The number of carboxylic acids is 1. The lowest BCUT2D eigenvalue weighted by Gasteiger charge is -2.34. The van der Waals surface area contributed by atoms with Crippen LogP contribution in [0.2, 0.25) is 0 Å². The van der Waals surface area contributed by atoms with Gasteiger partial charge in [-0.3, -0.25) is 14.3 Å². The molecular formula is C32H39FN2O5. The molecule has 0 saturated carbocycles. The molecule has 0 aliphatic carbocycles. The van der Waals surface area contributed by atoms with Crippen molar-refractivity contribution in [1.29, 1.82) is 0 Å². The van der Waals surface area contributed by atoms with Crippen molar-refractivity contribution in [2.45, 2.75) is 77.7 Å². The average molecular weight is 551 g/mol. The highest BCUT2D eigenvalue weighted by molar-refractivity contribution is 5.81. The summed E-state index contributed by atoms with van der Waals surface area (Å²) >= 11 is 0. The van der Waals surface area contributed by atoms with E-state index in [1.807, 2.05) is 18.2 Å². The molecule has 7 nitrogen and oxygen atoms in total. The van der Waals surface area contributed by atoms with Crippen LogP contribution in [0.3, 0.4) is 0 Å². The number of nitrogens with zero attached hydrogens (tertiary/aromatic N) is 2. The lowest BCUT2D eigenvalue weighted by Crippen LogP contribution is -2.41. The van der Waals surface area contributed by atoms with E-state index in [2.05, 4.69) is 30.5 Å². The van der Waals surface area contributed by atoms with Gasteiger partial charge in [0, 0.05) is 42.9 Å². The van der Waals surface area contributed by atoms with Crippen molar-refractivity contribution in [2.75, 3.05) is 18.1 Å². The van der Waals surface area contributed by atoms with E-state index in [1.165, 1.54) is 12.5 Å². The van der Waals surface area contributed by atoms with Gasteiger partial charge in [-0.1, -0.05) is 38.1 Å². The van der Waals surface area contributed by atoms with E-state index in [9.17, 15) is 19.1 Å². The van der Waals surface area contributed by atoms with Gasteiger partial charge < -0.3 is 20.0 Å². The van der Waals surface area contributed by atoms with Gasteiger partial charge >= 0.3 is 5.97 Å². The van der Waals surface area contributed by atoms with E-state index < -0.39 is 24.3 Å². The molecule has 1 saturated heterocycles. The minimum atomic E-state index is -1.21. The fraction of sp³-hybridized carbons (Fsp3) is 0.438. The van der Waals surface area contributed by atoms with Crippen LogP contribution in [0.15, 0.2) is 48.5 Å². The summed E-state index contributed by atoms with van der Waals surface area (Å²) in [4.78, 5) is 23.7. The molecule has 4 rings (SSSR count). The summed E-state index contributed by atoms with van der Waals surface area (Å²) in [5, 5.41) is 21.3. The molecule has 1 aromatic heterocycles. The normalized spacial score (nSPS) is 14.4. The molecule has 1 aliphatic rings. The van der Waals surface area contributed by atoms with E-state index in [-0.39, 0.29) is 30.3 Å². The largest absolute Gasteiger partial charge is 0.481 e. The van der Waals surface area contributed by atoms with Crippen LogP contribution in [0.1, 0.15) is 75.2 Å². The van der Waals surface area contributed by atoms with Crippen LogP contribution in [0.5, 0.6) is 11.5 Å². The fourth-order valence-corrected chi connectivity index (χ4v) is 5.69. The number of rotatable bonds is 12. The Morgan fingerprint density at radius 1 is 1.02 bits per heavy atom. The number of carboxylic acid groups (broad SMARTS) is 1. The highest BCUT2D eigenvalue weighted by Crippen LogP contribution is 2.40. The van der Waals surface area contributed by atoms with Gasteiger partial charge in [-0.15, -0.1) is 0 Å². The summed E-state index contributed by atoms with van der Waals surface area (Å²) in [7, 11) is 0. The number of ether oxygens (including phenoxy) is 1. The third-order valence-electron chi connectivity index (χ3n) is 7.40. The second-order valence-corrected chi connectivity index (χ2v) is 10.9. The SMILES string of the molecule is Cc1c(-c2ccc(F)c(Oc3ccccc3)c2)c(CCC(=O)CC(O)CC(=O)O)c(C(C)C)n1N1CCCCC1. The molecule has 0 spiro atoms. The van der Waals surface area contributed by atoms with Gasteiger partial charge in [0.1, 0.15) is 11.5 Å². The number of carbonyl (C=O) groups excluding carboxylic acids is 1. The summed E-state index contributed by atoms with van der Waals surface area (Å²) in [6.45, 7) is 8.20. The van der Waals surface area contributed by atoms with Gasteiger partial charge in [-0.05, 0) is 73.9 Å². The minimum Gasteiger partial charge on any atom is -0.481 e. The van der Waals surface area contributed by atoms with Gasteiger partial charge in [0.25, 0.3) is 0 Å². The third-order valence-corrected chi connectivity index (χ3v) is 7.40. The van der Waals surface area contributed by atoms with Crippen LogP contribution < -0.4 is 9.75 Å². The van der Waals surface area contributed by atoms with E-state index in [0.29, 0.717) is 12.2 Å². The fourth-order valence-electron chi connectivity index (χ4n) is 5.69. The lowest BCUT2D eigenvalue weighted by molar-refractivity contribution is -0.139. The van der Waals surface area contributed by atoms with E-state index in [1.54, 1.807) is 24.3 Å². The Labute approximate surface area is 235 Å². The molecule has 2 heterocycles. The summed E-state index contributed by atoms with van der Waals surface area (Å²) < 4.78 is 23.1. The number of carbonyl (C=O) groups is 2. The summed E-state index contributed by atoms with van der Waals surface area (Å²) in [5.41, 5.74) is 4.90. The maximum atomic E-state index is 14.9. The Kier molecular flexibility index (Phi) is 9.63. The van der Waals surface area contributed by atoms with Crippen LogP contribution in [-0.2, 0) is 16.0 Å². The first-order chi connectivity index (χ1) is 19.2. The van der Waals surface area contributed by atoms with Gasteiger partial charge in [0.05, 0.1) is 12.5 Å². The second kappa shape index (κ2) is 13.1. The van der Waals surface area contributed by atoms with Gasteiger partial charge in [0.2, 0.25) is 0 Å². The highest BCUT2D eigenvalue weighted by Gasteiger charge is 2.28. The number of aliphatic hydroxyl groups is 1. The Morgan fingerprint density at radius 2 is 1.73 bits per heavy atom. The van der Waals surface area contributed by atoms with Crippen molar-refractivity contribution in [3.63, 3.8) is 0 Å². The maximum absolute atomic E-state index is 14.9. The van der Waals surface area contributed by atoms with Crippen LogP contribution >= 0.6 is 0 Å². The summed E-state index contributed by atoms with van der Waals surface area (Å²) in [6.07, 6.45) is 2.13. The average Bonchev–Trinajstić information content (AvgIpc) is 3.21. The number of hydrogen-bond donors (Lipinski definition) is 2. The minimum absolute atomic E-state index is 0.124. The van der Waals surface area contributed by atoms with Crippen molar-refractivity contribution in [3.8, 4) is 22.6 Å². The number of Topliss-reactive ketones (excluding diaryl/α,β-unsaturated/α-hetero) is 1. The topological polar surface area (TPSA) is 92.0 Å². The molecule has 214 valence electrons. The molecule has 1 unspecified atom stereocenters. The number of aromatic nitrogens is 1. The number of para-hydroxylation sites is 1. The Hall–Kier alpha value is -3.65. The second-order valence-electron chi connectivity index (χ2n) is 10.9. The maximum Gasteiger partial charge on any atom is 0.305 e. The Morgan fingerprint density at radius 3 is 2.38 bits per heavy atom. The molecule has 40 heavy (non-hydrogen) atoms. The van der Waals surface area contributed by atoms with E-state index in [0.717, 1.165) is 54.0 Å². The van der Waals surface area contributed by atoms with Crippen LogP contribution in [0.4, 0.5) is 4.39 Å². The monoisotopic (exact) mass is 550 g/mol. The zero-order valence-corrected chi connectivity index (χ0v) is 23.5. The molecule has 2 aromatic carbocycles. The highest BCUT2D eigenvalue weighted by atomic mass is 19.1. The number of ketones is 1. The standard InChI is InChI=1S/C32H39FN2O5/c1-21(2)32-27(14-13-24(36)19-25(37)20-30(38)39)31(22(3)35(32)34-16-8-5-9-17-34)23-12-15-28(33)29(18-23)40-26-10-6-4-7-11-26/h4,6-7,10-12,15,18,21,25,37H,5,8-9,13-14,16-17,19-20H2,1-3H3,(H,38,39). The van der Waals surface area contributed by atoms with Crippen molar-refractivity contribution in [2.24, 2.45) is 0 Å². The summed E-state index contributed by atoms with van der Waals surface area (Å²) in [6, 6.07) is 14.0. The van der Waals surface area contributed by atoms with Crippen LogP contribution in [-0.4, -0.2) is 45.8 Å². The third kappa shape index (κ3) is 6.91. The number of piperidine rings is 1. The number of hydrogen-bond acceptors (Lipinski definition) is 5. The quantitative estimate of drug-likeness (QED) is 0.272. The van der Waals surface area contributed by atoms with E-state index >= 15 is 0 Å². The molecule has 0 radical (unpaired) electrons. The van der Waals surface area contributed by atoms with Crippen LogP contribution in [0, 0.1) is 12.7 Å². The molecule has 0 amide bonds. The number of aliphatic carboxylic acids is 1. The zero-order chi connectivity index (χ0) is 28.8. The molecule has 1 aliphatic heterocycles. The zero-order valence-electron chi connectivity index (χ0n) is 23.5. The first-order valence-corrected chi connectivity index (χ1v) is 14.1. The Balaban J connectivity index is 1.76. The van der Waals surface area contributed by atoms with Gasteiger partial charge in [-0.2, -0.15) is 0 Å². The lowest BCUT2D eigenvalue weighted by atomic mass is 9.92. The molecule has 2 N–H and O–H groups in total. The molecule has 3 aromatic rings. The van der Waals surface area contributed by atoms with Gasteiger partial charge in [0.15, 0.2) is 11.6 Å². The predicted octanol–water partition coefficient (Wildman–Crippen LogP) is 6.37. The smallest absolute Gasteiger partial charge is 0.305 e. The first-order valence-electron chi connectivity index (χ1n) is 14.1. The van der Waals surface area contributed by atoms with Crippen LogP contribution in [0.25, 0.3) is 11.1 Å². The first kappa shape index (κ1) is 29.3. The molecule has 0 bridgehead atoms. The van der Waals surface area contributed by atoms with Crippen molar-refractivity contribution >= 4 is 11.8 Å². The molecular weight excluding hydrogens is 511 g/mol. The molecule has 1 atom stereocenters. The van der Waals surface area contributed by atoms with Crippen molar-refractivity contribution in [3.05, 3.63) is 71.3 Å². The van der Waals surface area contributed by atoms with E-state index in [4.69, 9.17) is 9.84 Å². The Bertz CT molecular complexity index is 1330. The molecule has 1 fully saturated rings. The summed E-state index contributed by atoms with van der Waals surface area (Å²) in [5.74, 6) is -0.978. The number of halogens is 1. The van der Waals surface area contributed by atoms with Gasteiger partial charge in [-0.25, -0.2) is 4.39 Å². The molecule has 8 heteroatoms. The van der Waals surface area contributed by atoms with Crippen molar-refractivity contribution in [1.82, 2.24) is 4.68 Å². The number of aliphatic hydroxyl groups excluding tert-OH is 1.